The fraction of sp³-hybridized carbons (Fsp3) is 0.364. The normalized spacial score (nSPS) is 12.2. The van der Waals surface area contributed by atoms with Gasteiger partial charge in [-0.2, -0.15) is 0 Å². The van der Waals surface area contributed by atoms with Crippen molar-refractivity contribution in [1.82, 2.24) is 0 Å². The molecule has 1 rings (SSSR count). The molecule has 0 saturated heterocycles. The highest BCUT2D eigenvalue weighted by molar-refractivity contribution is 6.33. The second kappa shape index (κ2) is 6.54. The molecule has 3 N–H and O–H groups in total. The van der Waals surface area contributed by atoms with Gasteiger partial charge in [0, 0.05) is 13.7 Å². The number of nitrogens with one attached hydrogen (secondary N) is 1. The van der Waals surface area contributed by atoms with E-state index in [1.54, 1.807) is 0 Å². The molecule has 0 aliphatic heterocycles. The molecule has 1 aromatic carbocycles. The zero-order chi connectivity index (χ0) is 12.8. The fourth-order valence-corrected chi connectivity index (χ4v) is 1.43. The number of carbonyl (C=O) groups is 1. The lowest BCUT2D eigenvalue weighted by Crippen LogP contribution is -2.28. The number of anilines is 1. The molecule has 17 heavy (non-hydrogen) atoms. The second-order valence-corrected chi connectivity index (χ2v) is 3.88. The predicted octanol–water partition coefficient (Wildman–Crippen LogP) is 1.78. The highest BCUT2D eigenvalue weighted by Gasteiger charge is 2.13. The molecular formula is C11H14ClFN2O2. The number of carbonyl (C=O) groups excluding carboxylic acids is 1. The van der Waals surface area contributed by atoms with Crippen LogP contribution in [0.2, 0.25) is 5.02 Å². The van der Waals surface area contributed by atoms with Gasteiger partial charge in [-0.05, 0) is 18.2 Å². The van der Waals surface area contributed by atoms with E-state index in [0.29, 0.717) is 0 Å². The Morgan fingerprint density at radius 2 is 2.35 bits per heavy atom. The van der Waals surface area contributed by atoms with Gasteiger partial charge in [0.25, 0.3) is 0 Å². The van der Waals surface area contributed by atoms with Crippen LogP contribution in [0.5, 0.6) is 0 Å². The molecule has 1 aromatic rings. The maximum atomic E-state index is 12.9. The Hall–Kier alpha value is -1.17. The molecule has 0 heterocycles. The number of hydrogen-bond donors (Lipinski definition) is 2. The Bertz CT molecular complexity index is 397. The fourth-order valence-electron chi connectivity index (χ4n) is 1.26. The van der Waals surface area contributed by atoms with Gasteiger partial charge in [0.05, 0.1) is 23.2 Å². The molecule has 1 atom stereocenters. The minimum atomic E-state index is -0.466. The number of amides is 1. The quantitative estimate of drug-likeness (QED) is 0.848. The van der Waals surface area contributed by atoms with E-state index in [0.717, 1.165) is 6.07 Å². The van der Waals surface area contributed by atoms with E-state index in [1.165, 1.54) is 19.2 Å². The average Bonchev–Trinajstić information content (AvgIpc) is 2.31. The average molecular weight is 261 g/mol. The summed E-state index contributed by atoms with van der Waals surface area (Å²) in [4.78, 5) is 11.6. The SMILES string of the molecule is COC(CN)CC(=O)Nc1cc(F)ccc1Cl. The molecule has 6 heteroatoms. The lowest BCUT2D eigenvalue weighted by Gasteiger charge is -2.13. The minimum Gasteiger partial charge on any atom is -0.380 e. The van der Waals surface area contributed by atoms with Crippen LogP contribution >= 0.6 is 11.6 Å². The number of benzene rings is 1. The lowest BCUT2D eigenvalue weighted by atomic mass is 10.2. The first-order valence-electron chi connectivity index (χ1n) is 5.04. The van der Waals surface area contributed by atoms with Crippen LogP contribution in [-0.4, -0.2) is 25.7 Å². The molecule has 0 aliphatic rings. The van der Waals surface area contributed by atoms with Gasteiger partial charge in [0.15, 0.2) is 0 Å². The zero-order valence-electron chi connectivity index (χ0n) is 9.37. The summed E-state index contributed by atoms with van der Waals surface area (Å²) in [6.07, 6.45) is -0.262. The van der Waals surface area contributed by atoms with E-state index in [4.69, 9.17) is 22.1 Å². The van der Waals surface area contributed by atoms with E-state index in [2.05, 4.69) is 5.32 Å². The molecule has 94 valence electrons. The molecule has 0 aromatic heterocycles. The van der Waals surface area contributed by atoms with E-state index >= 15 is 0 Å². The Labute approximate surface area is 104 Å². The summed E-state index contributed by atoms with van der Waals surface area (Å²) in [5.74, 6) is -0.790. The molecule has 0 aliphatic carbocycles. The smallest absolute Gasteiger partial charge is 0.227 e. The van der Waals surface area contributed by atoms with Crippen molar-refractivity contribution >= 4 is 23.2 Å². The van der Waals surface area contributed by atoms with Crippen LogP contribution in [0.15, 0.2) is 18.2 Å². The van der Waals surface area contributed by atoms with Crippen LogP contribution in [0, 0.1) is 5.82 Å². The van der Waals surface area contributed by atoms with Crippen LogP contribution in [-0.2, 0) is 9.53 Å². The van der Waals surface area contributed by atoms with Crippen molar-refractivity contribution in [3.8, 4) is 0 Å². The molecule has 4 nitrogen and oxygen atoms in total. The third-order valence-electron chi connectivity index (χ3n) is 2.21. The molecule has 0 spiro atoms. The lowest BCUT2D eigenvalue weighted by molar-refractivity contribution is -0.118. The first-order valence-corrected chi connectivity index (χ1v) is 5.42. The maximum absolute atomic E-state index is 12.9. The molecule has 0 bridgehead atoms. The number of nitrogens with two attached hydrogens (primary N) is 1. The topological polar surface area (TPSA) is 64.3 Å². The zero-order valence-corrected chi connectivity index (χ0v) is 10.1. The van der Waals surface area contributed by atoms with Gasteiger partial charge in [0.1, 0.15) is 5.82 Å². The highest BCUT2D eigenvalue weighted by atomic mass is 35.5. The standard InChI is InChI=1S/C11H14ClFN2O2/c1-17-8(6-14)5-11(16)15-10-4-7(13)2-3-9(10)12/h2-4,8H,5-6,14H2,1H3,(H,15,16). The summed E-state index contributed by atoms with van der Waals surface area (Å²) in [6, 6.07) is 3.75. The monoisotopic (exact) mass is 260 g/mol. The highest BCUT2D eigenvalue weighted by Crippen LogP contribution is 2.22. The third kappa shape index (κ3) is 4.30. The molecule has 0 radical (unpaired) electrons. The number of methoxy groups -OCH3 is 1. The van der Waals surface area contributed by atoms with E-state index < -0.39 is 5.82 Å². The molecule has 0 saturated carbocycles. The van der Waals surface area contributed by atoms with Gasteiger partial charge in [-0.3, -0.25) is 4.79 Å². The van der Waals surface area contributed by atoms with Crippen molar-refractivity contribution in [2.24, 2.45) is 5.73 Å². The van der Waals surface area contributed by atoms with Gasteiger partial charge in [-0.25, -0.2) is 4.39 Å². The molecule has 1 amide bonds. The van der Waals surface area contributed by atoms with Crippen molar-refractivity contribution in [2.45, 2.75) is 12.5 Å². The summed E-state index contributed by atoms with van der Waals surface area (Å²) in [7, 11) is 1.47. The first-order chi connectivity index (χ1) is 8.06. The Morgan fingerprint density at radius 3 is 2.94 bits per heavy atom. The van der Waals surface area contributed by atoms with Gasteiger partial charge in [-0.1, -0.05) is 11.6 Å². The van der Waals surface area contributed by atoms with Crippen molar-refractivity contribution in [2.75, 3.05) is 19.0 Å². The van der Waals surface area contributed by atoms with Crippen molar-refractivity contribution < 1.29 is 13.9 Å². The second-order valence-electron chi connectivity index (χ2n) is 3.47. The van der Waals surface area contributed by atoms with E-state index in [-0.39, 0.29) is 35.7 Å². The van der Waals surface area contributed by atoms with Crippen molar-refractivity contribution in [1.29, 1.82) is 0 Å². The number of halogens is 2. The van der Waals surface area contributed by atoms with Crippen molar-refractivity contribution in [3.63, 3.8) is 0 Å². The first kappa shape index (κ1) is 13.9. The predicted molar refractivity (Wildman–Crippen MR) is 64.5 cm³/mol. The van der Waals surface area contributed by atoms with Crippen LogP contribution in [0.1, 0.15) is 6.42 Å². The number of hydrogen-bond acceptors (Lipinski definition) is 3. The summed E-state index contributed by atoms with van der Waals surface area (Å²) in [6.45, 7) is 0.237. The third-order valence-corrected chi connectivity index (χ3v) is 2.54. The Morgan fingerprint density at radius 1 is 1.65 bits per heavy atom. The van der Waals surface area contributed by atoms with Gasteiger partial charge in [0.2, 0.25) is 5.91 Å². The van der Waals surface area contributed by atoms with E-state index in [9.17, 15) is 9.18 Å². The van der Waals surface area contributed by atoms with E-state index in [1.807, 2.05) is 0 Å². The molecule has 1 unspecified atom stereocenters. The van der Waals surface area contributed by atoms with Gasteiger partial charge in [-0.15, -0.1) is 0 Å². The van der Waals surface area contributed by atoms with Crippen LogP contribution in [0.3, 0.4) is 0 Å². The van der Waals surface area contributed by atoms with Crippen LogP contribution < -0.4 is 11.1 Å². The summed E-state index contributed by atoms with van der Waals surface area (Å²) < 4.78 is 17.9. The van der Waals surface area contributed by atoms with Crippen molar-refractivity contribution in [3.05, 3.63) is 29.0 Å². The van der Waals surface area contributed by atoms with Crippen LogP contribution in [0.4, 0.5) is 10.1 Å². The Kier molecular flexibility index (Phi) is 5.34. The maximum Gasteiger partial charge on any atom is 0.227 e. The largest absolute Gasteiger partial charge is 0.380 e. The van der Waals surface area contributed by atoms with Gasteiger partial charge >= 0.3 is 0 Å². The van der Waals surface area contributed by atoms with Gasteiger partial charge < -0.3 is 15.8 Å². The number of ether oxygens (including phenoxy) is 1. The summed E-state index contributed by atoms with van der Waals surface area (Å²) in [5.41, 5.74) is 5.63. The summed E-state index contributed by atoms with van der Waals surface area (Å²) >= 11 is 5.81. The number of rotatable bonds is 5. The minimum absolute atomic E-state index is 0.0971. The van der Waals surface area contributed by atoms with Crippen LogP contribution in [0.25, 0.3) is 0 Å². The molecule has 0 fully saturated rings. The Balaban J connectivity index is 2.64. The molecular weight excluding hydrogens is 247 g/mol. The summed E-state index contributed by atoms with van der Waals surface area (Å²) in [5, 5.41) is 2.78.